The topological polar surface area (TPSA) is 12.0 Å². The van der Waals surface area contributed by atoms with E-state index in [4.69, 9.17) is 6.42 Å². The van der Waals surface area contributed by atoms with E-state index in [2.05, 4.69) is 41.6 Å². The van der Waals surface area contributed by atoms with Crippen molar-refractivity contribution in [3.05, 3.63) is 35.9 Å². The Hall–Kier alpha value is -1.26. The van der Waals surface area contributed by atoms with Crippen LogP contribution >= 0.6 is 0 Å². The molecule has 0 aromatic heterocycles. The maximum absolute atomic E-state index is 5.32. The van der Waals surface area contributed by atoms with Crippen LogP contribution in [-0.2, 0) is 0 Å². The Kier molecular flexibility index (Phi) is 5.98. The van der Waals surface area contributed by atoms with Gasteiger partial charge in [-0.25, -0.2) is 0 Å². The lowest BCUT2D eigenvalue weighted by Gasteiger charge is -2.23. The van der Waals surface area contributed by atoms with Crippen molar-refractivity contribution < 1.29 is 0 Å². The molecule has 0 aliphatic heterocycles. The lowest BCUT2D eigenvalue weighted by atomic mass is 9.99. The van der Waals surface area contributed by atoms with Gasteiger partial charge in [-0.1, -0.05) is 49.6 Å². The largest absolute Gasteiger partial charge is 0.307 e. The molecule has 1 saturated carbocycles. The molecule has 1 aromatic rings. The fourth-order valence-corrected chi connectivity index (χ4v) is 2.98. The maximum atomic E-state index is 5.32. The molecule has 2 rings (SSSR count). The molecule has 102 valence electrons. The number of nitrogens with one attached hydrogen (secondary N) is 1. The summed E-state index contributed by atoms with van der Waals surface area (Å²) in [6, 6.07) is 12.1. The molecule has 0 bridgehead atoms. The molecule has 0 spiro atoms. The van der Waals surface area contributed by atoms with Gasteiger partial charge in [0, 0.05) is 18.5 Å². The van der Waals surface area contributed by atoms with Crippen molar-refractivity contribution in [1.29, 1.82) is 0 Å². The SMILES string of the molecule is C#CCCCCC(NC1CCCC1)c1ccccc1. The number of benzene rings is 1. The normalized spacial score (nSPS) is 17.2. The van der Waals surface area contributed by atoms with E-state index in [1.165, 1.54) is 44.1 Å². The zero-order valence-electron chi connectivity index (χ0n) is 11.8. The van der Waals surface area contributed by atoms with Crippen molar-refractivity contribution in [3.8, 4) is 12.3 Å². The molecule has 1 aromatic carbocycles. The molecule has 1 atom stereocenters. The van der Waals surface area contributed by atoms with E-state index < -0.39 is 0 Å². The van der Waals surface area contributed by atoms with Crippen LogP contribution in [0.3, 0.4) is 0 Å². The molecule has 1 aliphatic rings. The van der Waals surface area contributed by atoms with E-state index in [0.717, 1.165) is 18.9 Å². The summed E-state index contributed by atoms with van der Waals surface area (Å²) in [4.78, 5) is 0. The van der Waals surface area contributed by atoms with Crippen LogP contribution in [0.4, 0.5) is 0 Å². The molecular weight excluding hydrogens is 230 g/mol. The monoisotopic (exact) mass is 255 g/mol. The van der Waals surface area contributed by atoms with Gasteiger partial charge in [0.2, 0.25) is 0 Å². The number of hydrogen-bond acceptors (Lipinski definition) is 1. The van der Waals surface area contributed by atoms with Crippen molar-refractivity contribution in [2.75, 3.05) is 0 Å². The predicted octanol–water partition coefficient (Wildman–Crippen LogP) is 4.45. The van der Waals surface area contributed by atoms with Crippen molar-refractivity contribution >= 4 is 0 Å². The minimum Gasteiger partial charge on any atom is -0.307 e. The Balaban J connectivity index is 1.90. The van der Waals surface area contributed by atoms with E-state index in [1.54, 1.807) is 0 Å². The van der Waals surface area contributed by atoms with Gasteiger partial charge in [-0.2, -0.15) is 0 Å². The fourth-order valence-electron chi connectivity index (χ4n) is 2.98. The van der Waals surface area contributed by atoms with Gasteiger partial charge in [0.1, 0.15) is 0 Å². The van der Waals surface area contributed by atoms with Crippen LogP contribution in [-0.4, -0.2) is 6.04 Å². The lowest BCUT2D eigenvalue weighted by Crippen LogP contribution is -2.30. The average molecular weight is 255 g/mol. The summed E-state index contributed by atoms with van der Waals surface area (Å²) < 4.78 is 0. The second kappa shape index (κ2) is 8.02. The molecule has 0 saturated heterocycles. The summed E-state index contributed by atoms with van der Waals surface area (Å²) in [6.07, 6.45) is 15.2. The molecule has 0 amide bonds. The molecule has 1 heteroatoms. The van der Waals surface area contributed by atoms with Crippen LogP contribution < -0.4 is 5.32 Å². The fraction of sp³-hybridized carbons (Fsp3) is 0.556. The minimum absolute atomic E-state index is 0.502. The predicted molar refractivity (Wildman–Crippen MR) is 81.9 cm³/mol. The Morgan fingerprint density at radius 2 is 1.89 bits per heavy atom. The van der Waals surface area contributed by atoms with E-state index in [-0.39, 0.29) is 0 Å². The Bertz CT molecular complexity index is 384. The maximum Gasteiger partial charge on any atom is 0.0322 e. The van der Waals surface area contributed by atoms with Gasteiger partial charge < -0.3 is 5.32 Å². The van der Waals surface area contributed by atoms with Crippen LogP contribution in [0.25, 0.3) is 0 Å². The lowest BCUT2D eigenvalue weighted by molar-refractivity contribution is 0.409. The first-order valence-corrected chi connectivity index (χ1v) is 7.64. The zero-order valence-corrected chi connectivity index (χ0v) is 11.8. The van der Waals surface area contributed by atoms with Crippen LogP contribution in [0.5, 0.6) is 0 Å². The van der Waals surface area contributed by atoms with Crippen LogP contribution in [0.1, 0.15) is 63.0 Å². The third-order valence-corrected chi connectivity index (χ3v) is 4.06. The van der Waals surface area contributed by atoms with Crippen molar-refractivity contribution in [1.82, 2.24) is 5.32 Å². The molecule has 1 nitrogen and oxygen atoms in total. The van der Waals surface area contributed by atoms with Crippen molar-refractivity contribution in [2.24, 2.45) is 0 Å². The summed E-state index contributed by atoms with van der Waals surface area (Å²) in [5.74, 6) is 2.73. The standard InChI is InChI=1S/C18H25N/c1-2-3-4-8-15-18(16-11-6-5-7-12-16)19-17-13-9-10-14-17/h1,5-7,11-12,17-19H,3-4,8-10,13-15H2. The molecular formula is C18H25N. The highest BCUT2D eigenvalue weighted by atomic mass is 15.0. The van der Waals surface area contributed by atoms with Gasteiger partial charge in [0.05, 0.1) is 0 Å². The van der Waals surface area contributed by atoms with Gasteiger partial charge >= 0.3 is 0 Å². The summed E-state index contributed by atoms with van der Waals surface area (Å²) in [5.41, 5.74) is 1.43. The van der Waals surface area contributed by atoms with Crippen LogP contribution in [0, 0.1) is 12.3 Å². The zero-order chi connectivity index (χ0) is 13.3. The van der Waals surface area contributed by atoms with Gasteiger partial charge in [0.15, 0.2) is 0 Å². The van der Waals surface area contributed by atoms with Crippen LogP contribution in [0.15, 0.2) is 30.3 Å². The summed E-state index contributed by atoms with van der Waals surface area (Å²) in [7, 11) is 0. The smallest absolute Gasteiger partial charge is 0.0322 e. The third-order valence-electron chi connectivity index (χ3n) is 4.06. The quantitative estimate of drug-likeness (QED) is 0.560. The molecule has 1 fully saturated rings. The first kappa shape index (κ1) is 14.2. The first-order chi connectivity index (χ1) is 9.40. The van der Waals surface area contributed by atoms with Crippen molar-refractivity contribution in [2.45, 2.75) is 63.5 Å². The van der Waals surface area contributed by atoms with Crippen molar-refractivity contribution in [3.63, 3.8) is 0 Å². The number of unbranched alkanes of at least 4 members (excludes halogenated alkanes) is 2. The highest BCUT2D eigenvalue weighted by molar-refractivity contribution is 5.19. The summed E-state index contributed by atoms with van der Waals surface area (Å²) in [5, 5.41) is 3.86. The highest BCUT2D eigenvalue weighted by Crippen LogP contribution is 2.25. The molecule has 1 N–H and O–H groups in total. The molecule has 1 aliphatic carbocycles. The summed E-state index contributed by atoms with van der Waals surface area (Å²) >= 11 is 0. The minimum atomic E-state index is 0.502. The summed E-state index contributed by atoms with van der Waals surface area (Å²) in [6.45, 7) is 0. The van der Waals surface area contributed by atoms with Gasteiger partial charge in [-0.05, 0) is 31.2 Å². The van der Waals surface area contributed by atoms with Gasteiger partial charge in [-0.3, -0.25) is 0 Å². The first-order valence-electron chi connectivity index (χ1n) is 7.64. The van der Waals surface area contributed by atoms with E-state index in [0.29, 0.717) is 6.04 Å². The third kappa shape index (κ3) is 4.73. The average Bonchev–Trinajstić information content (AvgIpc) is 2.96. The number of rotatable bonds is 7. The Morgan fingerprint density at radius 3 is 2.58 bits per heavy atom. The van der Waals surface area contributed by atoms with Gasteiger partial charge in [-0.15, -0.1) is 12.3 Å². The van der Waals surface area contributed by atoms with E-state index in [1.807, 2.05) is 0 Å². The second-order valence-electron chi connectivity index (χ2n) is 5.56. The molecule has 0 heterocycles. The Labute approximate surface area is 117 Å². The highest BCUT2D eigenvalue weighted by Gasteiger charge is 2.19. The molecule has 0 radical (unpaired) electrons. The number of hydrogen-bond donors (Lipinski definition) is 1. The number of terminal acetylenes is 1. The van der Waals surface area contributed by atoms with Gasteiger partial charge in [0.25, 0.3) is 0 Å². The van der Waals surface area contributed by atoms with E-state index in [9.17, 15) is 0 Å². The second-order valence-corrected chi connectivity index (χ2v) is 5.56. The van der Waals surface area contributed by atoms with E-state index >= 15 is 0 Å². The molecule has 1 unspecified atom stereocenters. The Morgan fingerprint density at radius 1 is 1.16 bits per heavy atom. The van der Waals surface area contributed by atoms with Crippen LogP contribution in [0.2, 0.25) is 0 Å². The molecule has 19 heavy (non-hydrogen) atoms.